The summed E-state index contributed by atoms with van der Waals surface area (Å²) < 4.78 is 6.95. The standard InChI is InChI=1S/C16H22BrNO/c1-4-5-10-16(2,3)15-18-14(11-19-15)12-6-8-13(17)9-7-12/h6-9,14H,4-5,10-11H2,1-3H3/t14-/m1/s1. The second kappa shape index (κ2) is 6.08. The number of rotatable bonds is 5. The number of nitrogens with zero attached hydrogens (tertiary/aromatic N) is 1. The third-order valence-electron chi connectivity index (χ3n) is 3.64. The molecular formula is C16H22BrNO. The van der Waals surface area contributed by atoms with Crippen LogP contribution in [-0.2, 0) is 4.74 Å². The Labute approximate surface area is 124 Å². The molecule has 0 fully saturated rings. The quantitative estimate of drug-likeness (QED) is 0.735. The van der Waals surface area contributed by atoms with E-state index in [1.54, 1.807) is 0 Å². The van der Waals surface area contributed by atoms with E-state index in [9.17, 15) is 0 Å². The Kier molecular flexibility index (Phi) is 4.67. The van der Waals surface area contributed by atoms with Gasteiger partial charge in [-0.1, -0.05) is 61.7 Å². The fourth-order valence-corrected chi connectivity index (χ4v) is 2.59. The molecule has 2 nitrogen and oxygen atoms in total. The van der Waals surface area contributed by atoms with E-state index in [0.717, 1.165) is 16.8 Å². The van der Waals surface area contributed by atoms with Crippen LogP contribution in [0.5, 0.6) is 0 Å². The molecule has 0 aliphatic carbocycles. The summed E-state index contributed by atoms with van der Waals surface area (Å²) >= 11 is 3.46. The Morgan fingerprint density at radius 3 is 2.63 bits per heavy atom. The Morgan fingerprint density at radius 2 is 2.00 bits per heavy atom. The maximum atomic E-state index is 5.85. The molecule has 1 atom stereocenters. The molecule has 0 aromatic heterocycles. The minimum Gasteiger partial charge on any atom is -0.478 e. The minimum absolute atomic E-state index is 0.0557. The normalized spacial score (nSPS) is 19.2. The number of unbranched alkanes of at least 4 members (excludes halogenated alkanes) is 1. The maximum Gasteiger partial charge on any atom is 0.189 e. The van der Waals surface area contributed by atoms with Crippen LogP contribution in [0.2, 0.25) is 0 Å². The molecule has 1 aromatic carbocycles. The van der Waals surface area contributed by atoms with Crippen molar-refractivity contribution in [1.82, 2.24) is 0 Å². The van der Waals surface area contributed by atoms with Gasteiger partial charge in [0.2, 0.25) is 0 Å². The lowest BCUT2D eigenvalue weighted by molar-refractivity contribution is 0.268. The van der Waals surface area contributed by atoms with Crippen LogP contribution in [0, 0.1) is 5.41 Å². The number of ether oxygens (including phenoxy) is 1. The van der Waals surface area contributed by atoms with E-state index in [2.05, 4.69) is 61.0 Å². The lowest BCUT2D eigenvalue weighted by atomic mass is 9.87. The molecule has 2 rings (SSSR count). The number of benzene rings is 1. The van der Waals surface area contributed by atoms with E-state index in [4.69, 9.17) is 9.73 Å². The van der Waals surface area contributed by atoms with Gasteiger partial charge in [-0.15, -0.1) is 0 Å². The maximum absolute atomic E-state index is 5.85. The molecular weight excluding hydrogens is 302 g/mol. The van der Waals surface area contributed by atoms with Crippen LogP contribution in [-0.4, -0.2) is 12.5 Å². The van der Waals surface area contributed by atoms with E-state index >= 15 is 0 Å². The SMILES string of the molecule is CCCCC(C)(C)C1=N[C@@H](c2ccc(Br)cc2)CO1. The fraction of sp³-hybridized carbons (Fsp3) is 0.562. The lowest BCUT2D eigenvalue weighted by Crippen LogP contribution is -2.24. The number of hydrogen-bond donors (Lipinski definition) is 0. The van der Waals surface area contributed by atoms with Crippen molar-refractivity contribution in [2.24, 2.45) is 10.4 Å². The number of aliphatic imine (C=N–C) groups is 1. The Bertz CT molecular complexity index is 450. The van der Waals surface area contributed by atoms with Gasteiger partial charge in [0.15, 0.2) is 5.90 Å². The van der Waals surface area contributed by atoms with Gasteiger partial charge in [-0.25, -0.2) is 4.99 Å². The molecule has 0 radical (unpaired) electrons. The summed E-state index contributed by atoms with van der Waals surface area (Å²) in [5, 5.41) is 0. The van der Waals surface area contributed by atoms with Gasteiger partial charge in [-0.2, -0.15) is 0 Å². The zero-order chi connectivity index (χ0) is 13.9. The lowest BCUT2D eigenvalue weighted by Gasteiger charge is -2.23. The fourth-order valence-electron chi connectivity index (χ4n) is 2.33. The van der Waals surface area contributed by atoms with Gasteiger partial charge in [-0.05, 0) is 24.1 Å². The average Bonchev–Trinajstić information content (AvgIpc) is 2.88. The van der Waals surface area contributed by atoms with E-state index < -0.39 is 0 Å². The Balaban J connectivity index is 2.09. The summed E-state index contributed by atoms with van der Waals surface area (Å²) in [6.45, 7) is 7.35. The third-order valence-corrected chi connectivity index (χ3v) is 4.17. The summed E-state index contributed by atoms with van der Waals surface area (Å²) in [4.78, 5) is 4.79. The molecule has 1 heterocycles. The molecule has 0 unspecified atom stereocenters. The molecule has 0 N–H and O–H groups in total. The smallest absolute Gasteiger partial charge is 0.189 e. The number of halogens is 1. The van der Waals surface area contributed by atoms with E-state index in [1.165, 1.54) is 18.4 Å². The van der Waals surface area contributed by atoms with Crippen LogP contribution in [0.4, 0.5) is 0 Å². The first kappa shape index (κ1) is 14.6. The van der Waals surface area contributed by atoms with Crippen molar-refractivity contribution in [3.05, 3.63) is 34.3 Å². The monoisotopic (exact) mass is 323 g/mol. The largest absolute Gasteiger partial charge is 0.478 e. The van der Waals surface area contributed by atoms with Crippen molar-refractivity contribution < 1.29 is 4.74 Å². The second-order valence-electron chi connectivity index (χ2n) is 5.80. The summed E-state index contributed by atoms with van der Waals surface area (Å²) in [6, 6.07) is 8.51. The topological polar surface area (TPSA) is 21.6 Å². The second-order valence-corrected chi connectivity index (χ2v) is 6.72. The summed E-state index contributed by atoms with van der Waals surface area (Å²) in [5.41, 5.74) is 1.28. The molecule has 104 valence electrons. The first-order valence-corrected chi connectivity index (χ1v) is 7.79. The van der Waals surface area contributed by atoms with Gasteiger partial charge in [0, 0.05) is 9.89 Å². The molecule has 3 heteroatoms. The average molecular weight is 324 g/mol. The summed E-state index contributed by atoms with van der Waals surface area (Å²) in [5.74, 6) is 0.925. The highest BCUT2D eigenvalue weighted by molar-refractivity contribution is 9.10. The summed E-state index contributed by atoms with van der Waals surface area (Å²) in [6.07, 6.45) is 3.57. The molecule has 1 aliphatic heterocycles. The number of hydrogen-bond acceptors (Lipinski definition) is 2. The van der Waals surface area contributed by atoms with Gasteiger partial charge in [0.05, 0.1) is 0 Å². The first-order chi connectivity index (χ1) is 9.03. The van der Waals surface area contributed by atoms with Crippen molar-refractivity contribution >= 4 is 21.8 Å². The molecule has 0 spiro atoms. The molecule has 19 heavy (non-hydrogen) atoms. The summed E-state index contributed by atoms with van der Waals surface area (Å²) in [7, 11) is 0. The van der Waals surface area contributed by atoms with Crippen LogP contribution >= 0.6 is 15.9 Å². The van der Waals surface area contributed by atoms with E-state index in [-0.39, 0.29) is 11.5 Å². The highest BCUT2D eigenvalue weighted by Crippen LogP contribution is 2.33. The highest BCUT2D eigenvalue weighted by Gasteiger charge is 2.32. The van der Waals surface area contributed by atoms with Crippen molar-refractivity contribution in [2.75, 3.05) is 6.61 Å². The molecule has 0 saturated heterocycles. The van der Waals surface area contributed by atoms with Gasteiger partial charge in [-0.3, -0.25) is 0 Å². The Morgan fingerprint density at radius 1 is 1.32 bits per heavy atom. The van der Waals surface area contributed by atoms with Crippen LogP contribution in [0.3, 0.4) is 0 Å². The van der Waals surface area contributed by atoms with Gasteiger partial charge >= 0.3 is 0 Å². The van der Waals surface area contributed by atoms with Crippen LogP contribution in [0.25, 0.3) is 0 Å². The van der Waals surface area contributed by atoms with Crippen molar-refractivity contribution in [3.8, 4) is 0 Å². The molecule has 0 saturated carbocycles. The molecule has 1 aliphatic rings. The van der Waals surface area contributed by atoms with Crippen LogP contribution < -0.4 is 0 Å². The molecule has 0 bridgehead atoms. The van der Waals surface area contributed by atoms with Crippen LogP contribution in [0.15, 0.2) is 33.7 Å². The first-order valence-electron chi connectivity index (χ1n) is 6.99. The van der Waals surface area contributed by atoms with E-state index in [0.29, 0.717) is 6.61 Å². The van der Waals surface area contributed by atoms with Gasteiger partial charge in [0.1, 0.15) is 12.6 Å². The minimum atomic E-state index is 0.0557. The van der Waals surface area contributed by atoms with Crippen LogP contribution in [0.1, 0.15) is 51.6 Å². The molecule has 0 amide bonds. The highest BCUT2D eigenvalue weighted by atomic mass is 79.9. The molecule has 1 aromatic rings. The van der Waals surface area contributed by atoms with Gasteiger partial charge < -0.3 is 4.74 Å². The zero-order valence-corrected chi connectivity index (χ0v) is 13.5. The Hall–Kier alpha value is -0.830. The van der Waals surface area contributed by atoms with Crippen molar-refractivity contribution in [3.63, 3.8) is 0 Å². The van der Waals surface area contributed by atoms with E-state index in [1.807, 2.05) is 0 Å². The third kappa shape index (κ3) is 3.59. The predicted octanol–water partition coefficient (Wildman–Crippen LogP) is 5.14. The van der Waals surface area contributed by atoms with Crippen molar-refractivity contribution in [2.45, 2.75) is 46.1 Å². The van der Waals surface area contributed by atoms with Crippen molar-refractivity contribution in [1.29, 1.82) is 0 Å². The zero-order valence-electron chi connectivity index (χ0n) is 11.9. The van der Waals surface area contributed by atoms with Gasteiger partial charge in [0.25, 0.3) is 0 Å². The predicted molar refractivity (Wildman–Crippen MR) is 83.6 cm³/mol.